The zero-order valence-corrected chi connectivity index (χ0v) is 16.5. The van der Waals surface area contributed by atoms with Crippen molar-refractivity contribution in [1.82, 2.24) is 10.6 Å². The van der Waals surface area contributed by atoms with Crippen LogP contribution < -0.4 is 15.5 Å². The lowest BCUT2D eigenvalue weighted by molar-refractivity contribution is 0.0939. The third kappa shape index (κ3) is 4.20. The monoisotopic (exact) mass is 381 g/mol. The molecule has 4 rings (SSSR count). The van der Waals surface area contributed by atoms with E-state index < -0.39 is 5.82 Å². The van der Waals surface area contributed by atoms with Crippen molar-refractivity contribution in [2.24, 2.45) is 5.92 Å². The molecule has 0 bridgehead atoms. The van der Waals surface area contributed by atoms with Crippen LogP contribution in [-0.2, 0) is 0 Å². The van der Waals surface area contributed by atoms with Crippen LogP contribution in [0.5, 0.6) is 0 Å². The van der Waals surface area contributed by atoms with Gasteiger partial charge < -0.3 is 15.5 Å². The standard InChI is InChI=1S/C23H28FN3O/c1-15(2)26-23(28)19-9-8-18(10-21(19)24)27-13-16(14-27)12-25-22-11-20(22)17-6-4-3-5-7-17/h3-10,15-16,20,22,25H,11-14H2,1-2H3,(H,26,28). The molecule has 148 valence electrons. The van der Waals surface area contributed by atoms with Gasteiger partial charge >= 0.3 is 0 Å². The molecule has 1 aliphatic carbocycles. The van der Waals surface area contributed by atoms with Gasteiger partial charge in [0, 0.05) is 49.2 Å². The number of benzene rings is 2. The topological polar surface area (TPSA) is 44.4 Å². The van der Waals surface area contributed by atoms with Gasteiger partial charge in [-0.1, -0.05) is 30.3 Å². The molecule has 1 saturated carbocycles. The number of rotatable bonds is 7. The van der Waals surface area contributed by atoms with Crippen molar-refractivity contribution in [2.45, 2.75) is 38.3 Å². The molecule has 2 fully saturated rings. The Kier molecular flexibility index (Phi) is 5.36. The summed E-state index contributed by atoms with van der Waals surface area (Å²) in [5.74, 6) is 0.419. The number of nitrogens with one attached hydrogen (secondary N) is 2. The fourth-order valence-electron chi connectivity index (χ4n) is 3.94. The molecule has 0 spiro atoms. The molecule has 2 aliphatic rings. The van der Waals surface area contributed by atoms with Gasteiger partial charge in [-0.2, -0.15) is 0 Å². The summed E-state index contributed by atoms with van der Waals surface area (Å²) in [4.78, 5) is 14.2. The first-order chi connectivity index (χ1) is 13.5. The number of amides is 1. The van der Waals surface area contributed by atoms with Crippen LogP contribution in [0.3, 0.4) is 0 Å². The van der Waals surface area contributed by atoms with Gasteiger partial charge in [0.05, 0.1) is 5.56 Å². The van der Waals surface area contributed by atoms with E-state index in [0.717, 1.165) is 25.3 Å². The van der Waals surface area contributed by atoms with Crippen LogP contribution in [0.1, 0.15) is 42.1 Å². The summed E-state index contributed by atoms with van der Waals surface area (Å²) >= 11 is 0. The predicted molar refractivity (Wildman–Crippen MR) is 110 cm³/mol. The maximum absolute atomic E-state index is 14.3. The Morgan fingerprint density at radius 3 is 2.61 bits per heavy atom. The van der Waals surface area contributed by atoms with Crippen LogP contribution in [0.4, 0.5) is 10.1 Å². The number of hydrogen-bond donors (Lipinski definition) is 2. The zero-order valence-electron chi connectivity index (χ0n) is 16.5. The minimum absolute atomic E-state index is 0.0110. The highest BCUT2D eigenvalue weighted by atomic mass is 19.1. The molecule has 2 aromatic rings. The fourth-order valence-corrected chi connectivity index (χ4v) is 3.94. The van der Waals surface area contributed by atoms with E-state index in [1.165, 1.54) is 18.1 Å². The molecule has 2 N–H and O–H groups in total. The van der Waals surface area contributed by atoms with Crippen LogP contribution in [0, 0.1) is 11.7 Å². The van der Waals surface area contributed by atoms with Crippen molar-refractivity contribution in [3.05, 3.63) is 65.5 Å². The lowest BCUT2D eigenvalue weighted by Gasteiger charge is -2.41. The molecular weight excluding hydrogens is 353 g/mol. The minimum Gasteiger partial charge on any atom is -0.371 e. The number of hydrogen-bond acceptors (Lipinski definition) is 3. The van der Waals surface area contributed by atoms with Gasteiger partial charge in [-0.25, -0.2) is 4.39 Å². The van der Waals surface area contributed by atoms with Crippen molar-refractivity contribution in [2.75, 3.05) is 24.5 Å². The summed E-state index contributed by atoms with van der Waals surface area (Å²) in [5.41, 5.74) is 2.38. The zero-order chi connectivity index (χ0) is 19.7. The maximum atomic E-state index is 14.3. The third-order valence-corrected chi connectivity index (χ3v) is 5.63. The number of carbonyl (C=O) groups is 1. The van der Waals surface area contributed by atoms with Crippen molar-refractivity contribution in [1.29, 1.82) is 0 Å². The van der Waals surface area contributed by atoms with Gasteiger partial charge in [-0.3, -0.25) is 4.79 Å². The highest BCUT2D eigenvalue weighted by molar-refractivity contribution is 5.95. The molecule has 28 heavy (non-hydrogen) atoms. The van der Waals surface area contributed by atoms with E-state index in [-0.39, 0.29) is 17.5 Å². The molecule has 0 radical (unpaired) electrons. The van der Waals surface area contributed by atoms with Crippen LogP contribution in [-0.4, -0.2) is 37.6 Å². The maximum Gasteiger partial charge on any atom is 0.254 e. The average molecular weight is 381 g/mol. The highest BCUT2D eigenvalue weighted by Crippen LogP contribution is 2.40. The van der Waals surface area contributed by atoms with E-state index in [1.807, 2.05) is 19.9 Å². The molecule has 2 unspecified atom stereocenters. The number of anilines is 1. The SMILES string of the molecule is CC(C)NC(=O)c1ccc(N2CC(CNC3CC3c3ccccc3)C2)cc1F. The molecule has 2 aromatic carbocycles. The predicted octanol–water partition coefficient (Wildman–Crippen LogP) is 3.55. The van der Waals surface area contributed by atoms with Crippen molar-refractivity contribution in [3.63, 3.8) is 0 Å². The molecule has 5 heteroatoms. The largest absolute Gasteiger partial charge is 0.371 e. The van der Waals surface area contributed by atoms with Crippen molar-refractivity contribution < 1.29 is 9.18 Å². The number of nitrogens with zero attached hydrogens (tertiary/aromatic N) is 1. The fraction of sp³-hybridized carbons (Fsp3) is 0.435. The first kappa shape index (κ1) is 18.9. The minimum atomic E-state index is -0.457. The van der Waals surface area contributed by atoms with Gasteiger partial charge in [-0.05, 0) is 44.0 Å². The summed E-state index contributed by atoms with van der Waals surface area (Å²) in [6, 6.07) is 16.2. The second-order valence-electron chi connectivity index (χ2n) is 8.33. The summed E-state index contributed by atoms with van der Waals surface area (Å²) in [5, 5.41) is 6.41. The Hall–Kier alpha value is -2.40. The Morgan fingerprint density at radius 1 is 1.18 bits per heavy atom. The molecule has 2 atom stereocenters. The van der Waals surface area contributed by atoms with Gasteiger partial charge in [0.25, 0.3) is 5.91 Å². The summed E-state index contributed by atoms with van der Waals surface area (Å²) in [6.07, 6.45) is 1.21. The lowest BCUT2D eigenvalue weighted by Crippen LogP contribution is -2.51. The molecule has 0 aromatic heterocycles. The highest BCUT2D eigenvalue weighted by Gasteiger charge is 2.39. The van der Waals surface area contributed by atoms with E-state index >= 15 is 0 Å². The second kappa shape index (κ2) is 7.92. The Morgan fingerprint density at radius 2 is 1.93 bits per heavy atom. The van der Waals surface area contributed by atoms with E-state index in [2.05, 4.69) is 45.9 Å². The number of carbonyl (C=O) groups excluding carboxylic acids is 1. The first-order valence-electron chi connectivity index (χ1n) is 10.1. The van der Waals surface area contributed by atoms with Crippen LogP contribution in [0.15, 0.2) is 48.5 Å². The summed E-state index contributed by atoms with van der Waals surface area (Å²) < 4.78 is 14.3. The smallest absolute Gasteiger partial charge is 0.254 e. The van der Waals surface area contributed by atoms with Gasteiger partial charge in [0.1, 0.15) is 5.82 Å². The van der Waals surface area contributed by atoms with Crippen LogP contribution in [0.2, 0.25) is 0 Å². The van der Waals surface area contributed by atoms with Gasteiger partial charge in [0.15, 0.2) is 0 Å². The first-order valence-corrected chi connectivity index (χ1v) is 10.1. The van der Waals surface area contributed by atoms with Gasteiger partial charge in [-0.15, -0.1) is 0 Å². The van der Waals surface area contributed by atoms with Gasteiger partial charge in [0.2, 0.25) is 0 Å². The van der Waals surface area contributed by atoms with Crippen molar-refractivity contribution in [3.8, 4) is 0 Å². The average Bonchev–Trinajstić information content (AvgIpc) is 3.40. The molecular formula is C23H28FN3O. The molecule has 1 saturated heterocycles. The Bertz CT molecular complexity index is 833. The second-order valence-corrected chi connectivity index (χ2v) is 8.33. The number of halogens is 1. The van der Waals surface area contributed by atoms with E-state index in [9.17, 15) is 9.18 Å². The van der Waals surface area contributed by atoms with E-state index in [0.29, 0.717) is 17.9 Å². The van der Waals surface area contributed by atoms with Crippen LogP contribution in [0.25, 0.3) is 0 Å². The summed E-state index contributed by atoms with van der Waals surface area (Å²) in [7, 11) is 0. The lowest BCUT2D eigenvalue weighted by atomic mass is 9.98. The third-order valence-electron chi connectivity index (χ3n) is 5.63. The molecule has 1 aliphatic heterocycles. The summed E-state index contributed by atoms with van der Waals surface area (Å²) in [6.45, 7) is 6.57. The molecule has 1 amide bonds. The van der Waals surface area contributed by atoms with Crippen LogP contribution >= 0.6 is 0 Å². The van der Waals surface area contributed by atoms with Crippen molar-refractivity contribution >= 4 is 11.6 Å². The normalized spacial score (nSPS) is 21.5. The van der Waals surface area contributed by atoms with E-state index in [1.54, 1.807) is 6.07 Å². The Balaban J connectivity index is 1.23. The Labute approximate surface area is 166 Å². The quantitative estimate of drug-likeness (QED) is 0.771. The molecule has 1 heterocycles. The molecule has 4 nitrogen and oxygen atoms in total. The van der Waals surface area contributed by atoms with E-state index in [4.69, 9.17) is 0 Å².